The lowest BCUT2D eigenvalue weighted by Crippen LogP contribution is -2.08. The summed E-state index contributed by atoms with van der Waals surface area (Å²) in [5.74, 6) is 2.94. The lowest BCUT2D eigenvalue weighted by atomic mass is 10.1. The molecule has 4 heteroatoms. The van der Waals surface area contributed by atoms with E-state index in [4.69, 9.17) is 4.74 Å². The molecule has 0 aromatic carbocycles. The maximum Gasteiger partial charge on any atom is 0.102 e. The Balaban J connectivity index is 2.88. The molecule has 0 aliphatic heterocycles. The summed E-state index contributed by atoms with van der Waals surface area (Å²) in [5, 5.41) is 3.14. The second-order valence-corrected chi connectivity index (χ2v) is 6.84. The van der Waals surface area contributed by atoms with Crippen LogP contribution in [0.1, 0.15) is 39.5 Å². The average Bonchev–Trinajstić information content (AvgIpc) is 2.25. The molecular weight excluding hydrogens is 238 g/mol. The molecule has 98 valence electrons. The van der Waals surface area contributed by atoms with Crippen molar-refractivity contribution >= 4 is 21.6 Å². The molecule has 0 saturated carbocycles. The first-order valence-corrected chi connectivity index (χ1v) is 8.73. The van der Waals surface area contributed by atoms with Gasteiger partial charge in [0.15, 0.2) is 0 Å². The van der Waals surface area contributed by atoms with Crippen molar-refractivity contribution in [1.82, 2.24) is 5.32 Å². The highest BCUT2D eigenvalue weighted by atomic mass is 33.1. The van der Waals surface area contributed by atoms with E-state index in [1.807, 2.05) is 28.6 Å². The van der Waals surface area contributed by atoms with Crippen LogP contribution in [0.15, 0.2) is 0 Å². The summed E-state index contributed by atoms with van der Waals surface area (Å²) in [6.07, 6.45) is 5.05. The number of unbranched alkanes of at least 4 members (excludes halogenated alkanes) is 1. The molecule has 0 unspecified atom stereocenters. The second-order valence-electron chi connectivity index (χ2n) is 4.31. The minimum absolute atomic E-state index is 0.839. The summed E-state index contributed by atoms with van der Waals surface area (Å²) in [5.41, 5.74) is 0. The lowest BCUT2D eigenvalue weighted by molar-refractivity contribution is 0.178. The van der Waals surface area contributed by atoms with Crippen LogP contribution in [0, 0.1) is 5.92 Å². The molecule has 0 heterocycles. The summed E-state index contributed by atoms with van der Waals surface area (Å²) >= 11 is 0. The van der Waals surface area contributed by atoms with Crippen molar-refractivity contribution in [1.29, 1.82) is 0 Å². The van der Waals surface area contributed by atoms with Crippen LogP contribution in [-0.4, -0.2) is 31.9 Å². The van der Waals surface area contributed by atoms with Crippen LogP contribution in [0.3, 0.4) is 0 Å². The van der Waals surface area contributed by atoms with Crippen LogP contribution in [-0.2, 0) is 4.74 Å². The maximum atomic E-state index is 5.52. The minimum atomic E-state index is 0.839. The van der Waals surface area contributed by atoms with Gasteiger partial charge in [0.2, 0.25) is 0 Å². The van der Waals surface area contributed by atoms with Crippen LogP contribution in [0.5, 0.6) is 0 Å². The number of ether oxygens (including phenoxy) is 1. The van der Waals surface area contributed by atoms with Gasteiger partial charge in [-0.25, -0.2) is 0 Å². The Morgan fingerprint density at radius 2 is 1.94 bits per heavy atom. The van der Waals surface area contributed by atoms with Gasteiger partial charge in [-0.2, -0.15) is 0 Å². The van der Waals surface area contributed by atoms with Gasteiger partial charge >= 0.3 is 0 Å². The van der Waals surface area contributed by atoms with Crippen molar-refractivity contribution in [3.05, 3.63) is 0 Å². The average molecular weight is 265 g/mol. The summed E-state index contributed by atoms with van der Waals surface area (Å²) in [7, 11) is 5.78. The Morgan fingerprint density at radius 3 is 2.62 bits per heavy atom. The molecule has 0 fully saturated rings. The van der Waals surface area contributed by atoms with E-state index in [1.165, 1.54) is 31.4 Å². The van der Waals surface area contributed by atoms with Crippen molar-refractivity contribution in [2.75, 3.05) is 31.9 Å². The predicted molar refractivity (Wildman–Crippen MR) is 78.1 cm³/mol. The van der Waals surface area contributed by atoms with Gasteiger partial charge < -0.3 is 10.1 Å². The quantitative estimate of drug-likeness (QED) is 0.329. The fourth-order valence-electron chi connectivity index (χ4n) is 1.24. The molecule has 0 saturated heterocycles. The van der Waals surface area contributed by atoms with Crippen molar-refractivity contribution in [2.24, 2.45) is 5.92 Å². The van der Waals surface area contributed by atoms with Crippen molar-refractivity contribution in [3.8, 4) is 0 Å². The van der Waals surface area contributed by atoms with Gasteiger partial charge in [0.05, 0.1) is 0 Å². The zero-order valence-electron chi connectivity index (χ0n) is 11.0. The Morgan fingerprint density at radius 1 is 1.12 bits per heavy atom. The molecule has 0 spiro atoms. The normalized spacial score (nSPS) is 11.2. The van der Waals surface area contributed by atoms with Gasteiger partial charge in [-0.05, 0) is 38.8 Å². The standard InChI is InChI=1S/C12H27NOS2/c1-12(2)7-6-10-15-16-11-14-9-5-4-8-13-3/h12-13H,4-11H2,1-3H3. The van der Waals surface area contributed by atoms with Gasteiger partial charge in [0.25, 0.3) is 0 Å². The van der Waals surface area contributed by atoms with Crippen LogP contribution in [0.25, 0.3) is 0 Å². The number of hydrogen-bond acceptors (Lipinski definition) is 4. The van der Waals surface area contributed by atoms with Gasteiger partial charge in [0, 0.05) is 12.4 Å². The first kappa shape index (κ1) is 16.6. The third-order valence-corrected chi connectivity index (χ3v) is 4.36. The van der Waals surface area contributed by atoms with Gasteiger partial charge in [-0.3, -0.25) is 0 Å². The summed E-state index contributed by atoms with van der Waals surface area (Å²) in [6, 6.07) is 0. The Hall–Kier alpha value is 0.620. The zero-order chi connectivity index (χ0) is 12.1. The number of nitrogens with one attached hydrogen (secondary N) is 1. The molecule has 0 aromatic heterocycles. The van der Waals surface area contributed by atoms with Gasteiger partial charge in [-0.15, -0.1) is 0 Å². The van der Waals surface area contributed by atoms with E-state index in [1.54, 1.807) is 0 Å². The molecule has 0 atom stereocenters. The van der Waals surface area contributed by atoms with Crippen LogP contribution >= 0.6 is 21.6 Å². The van der Waals surface area contributed by atoms with E-state index in [2.05, 4.69) is 19.2 Å². The molecule has 0 bridgehead atoms. The van der Waals surface area contributed by atoms with Crippen molar-refractivity contribution < 1.29 is 4.74 Å². The van der Waals surface area contributed by atoms with Crippen molar-refractivity contribution in [2.45, 2.75) is 39.5 Å². The molecule has 0 aromatic rings. The largest absolute Gasteiger partial charge is 0.370 e. The fraction of sp³-hybridized carbons (Fsp3) is 1.00. The van der Waals surface area contributed by atoms with Gasteiger partial charge in [0.1, 0.15) is 5.94 Å². The lowest BCUT2D eigenvalue weighted by Gasteiger charge is -2.05. The van der Waals surface area contributed by atoms with Crippen LogP contribution in [0.2, 0.25) is 0 Å². The third kappa shape index (κ3) is 14.6. The molecule has 0 radical (unpaired) electrons. The highest BCUT2D eigenvalue weighted by Crippen LogP contribution is 2.23. The molecule has 0 aliphatic carbocycles. The smallest absolute Gasteiger partial charge is 0.102 e. The van der Waals surface area contributed by atoms with Crippen molar-refractivity contribution in [3.63, 3.8) is 0 Å². The Bertz CT molecular complexity index is 134. The monoisotopic (exact) mass is 265 g/mol. The van der Waals surface area contributed by atoms with E-state index >= 15 is 0 Å². The van der Waals surface area contributed by atoms with E-state index in [-0.39, 0.29) is 0 Å². The molecule has 0 rings (SSSR count). The first-order valence-electron chi connectivity index (χ1n) is 6.24. The second kappa shape index (κ2) is 13.7. The Labute approximate surface area is 109 Å². The van der Waals surface area contributed by atoms with Crippen LogP contribution in [0.4, 0.5) is 0 Å². The van der Waals surface area contributed by atoms with E-state index in [0.29, 0.717) is 0 Å². The van der Waals surface area contributed by atoms with Crippen LogP contribution < -0.4 is 5.32 Å². The predicted octanol–water partition coefficient (Wildman–Crippen LogP) is 3.78. The SMILES string of the molecule is CNCCCCOCSSCCCC(C)C. The zero-order valence-corrected chi connectivity index (χ0v) is 12.6. The fourth-order valence-corrected chi connectivity index (χ4v) is 3.01. The molecule has 0 amide bonds. The summed E-state index contributed by atoms with van der Waals surface area (Å²) < 4.78 is 5.52. The molecule has 2 nitrogen and oxygen atoms in total. The molecule has 0 aliphatic rings. The van der Waals surface area contributed by atoms with E-state index < -0.39 is 0 Å². The topological polar surface area (TPSA) is 21.3 Å². The summed E-state index contributed by atoms with van der Waals surface area (Å²) in [6.45, 7) is 6.57. The minimum Gasteiger partial charge on any atom is -0.370 e. The Kier molecular flexibility index (Phi) is 14.2. The van der Waals surface area contributed by atoms with E-state index in [0.717, 1.165) is 25.0 Å². The summed E-state index contributed by atoms with van der Waals surface area (Å²) in [4.78, 5) is 0. The first-order chi connectivity index (χ1) is 7.77. The van der Waals surface area contributed by atoms with Gasteiger partial charge in [-0.1, -0.05) is 41.9 Å². The third-order valence-electron chi connectivity index (χ3n) is 2.19. The number of hydrogen-bond donors (Lipinski definition) is 1. The molecule has 1 N–H and O–H groups in total. The highest BCUT2D eigenvalue weighted by molar-refractivity contribution is 8.76. The maximum absolute atomic E-state index is 5.52. The molecule has 16 heavy (non-hydrogen) atoms. The van der Waals surface area contributed by atoms with E-state index in [9.17, 15) is 0 Å². The number of rotatable bonds is 12. The molecular formula is C12H27NOS2. The highest BCUT2D eigenvalue weighted by Gasteiger charge is 1.95.